The largest absolute Gasteiger partial charge is 0.490 e. The van der Waals surface area contributed by atoms with Gasteiger partial charge in [0.05, 0.1) is 16.6 Å². The summed E-state index contributed by atoms with van der Waals surface area (Å²) in [4.78, 5) is 21.6. The second-order valence-electron chi connectivity index (χ2n) is 5.51. The molecule has 0 saturated carbocycles. The van der Waals surface area contributed by atoms with Gasteiger partial charge in [0.2, 0.25) is 0 Å². The van der Waals surface area contributed by atoms with Crippen molar-refractivity contribution < 1.29 is 19.2 Å². The highest BCUT2D eigenvalue weighted by molar-refractivity contribution is 6.32. The molecule has 0 heterocycles. The number of nitrogens with two attached hydrogens (primary N) is 1. The number of hydrogen-bond acceptors (Lipinski definition) is 6. The molecular weight excluding hydrogens is 386 g/mol. The van der Waals surface area contributed by atoms with Crippen molar-refractivity contribution in [3.05, 3.63) is 68.2 Å². The van der Waals surface area contributed by atoms with E-state index in [1.807, 2.05) is 0 Å². The molecule has 2 aromatic rings. The minimum absolute atomic E-state index is 0.0292. The average Bonchev–Trinajstić information content (AvgIpc) is 2.65. The maximum Gasteiger partial charge on any atom is 0.269 e. The molecule has 2 N–H and O–H groups in total. The molecule has 0 aliphatic carbocycles. The summed E-state index contributed by atoms with van der Waals surface area (Å²) in [6, 6.07) is 10.8. The minimum atomic E-state index is -0.859. The number of nitrogens with zero attached hydrogens (tertiary/aromatic N) is 2. The van der Waals surface area contributed by atoms with Gasteiger partial charge >= 0.3 is 0 Å². The van der Waals surface area contributed by atoms with Crippen LogP contribution in [0.25, 0.3) is 6.08 Å². The molecular formula is C19H16ClN3O5. The Hall–Kier alpha value is -3.57. The zero-order valence-corrected chi connectivity index (χ0v) is 15.6. The quantitative estimate of drug-likeness (QED) is 0.311. The van der Waals surface area contributed by atoms with Gasteiger partial charge < -0.3 is 15.2 Å². The summed E-state index contributed by atoms with van der Waals surface area (Å²) in [6.45, 7) is 2.11. The van der Waals surface area contributed by atoms with Crippen LogP contribution in [0.4, 0.5) is 5.69 Å². The Balaban J connectivity index is 2.34. The number of carbonyl (C=O) groups is 1. The molecule has 0 bridgehead atoms. The van der Waals surface area contributed by atoms with E-state index in [9.17, 15) is 14.9 Å². The van der Waals surface area contributed by atoms with Crippen LogP contribution in [0.1, 0.15) is 18.1 Å². The van der Waals surface area contributed by atoms with Gasteiger partial charge in [-0.25, -0.2) is 0 Å². The second kappa shape index (κ2) is 9.39. The van der Waals surface area contributed by atoms with E-state index in [4.69, 9.17) is 32.1 Å². The van der Waals surface area contributed by atoms with Crippen molar-refractivity contribution in [2.24, 2.45) is 5.73 Å². The molecule has 0 atom stereocenters. The summed E-state index contributed by atoms with van der Waals surface area (Å²) < 4.78 is 11.3. The first-order valence-electron chi connectivity index (χ1n) is 8.09. The molecule has 144 valence electrons. The van der Waals surface area contributed by atoms with E-state index in [-0.39, 0.29) is 28.6 Å². The lowest BCUT2D eigenvalue weighted by atomic mass is 10.1. The Morgan fingerprint density at radius 1 is 1.36 bits per heavy atom. The third-order valence-corrected chi connectivity index (χ3v) is 3.81. The molecule has 2 rings (SSSR count). The number of ether oxygens (including phenoxy) is 2. The number of non-ortho nitro benzene ring substituents is 1. The highest BCUT2D eigenvalue weighted by Gasteiger charge is 2.14. The van der Waals surface area contributed by atoms with Gasteiger partial charge in [-0.15, -0.1) is 0 Å². The summed E-state index contributed by atoms with van der Waals surface area (Å²) in [5.41, 5.74) is 5.88. The maximum absolute atomic E-state index is 11.2. The van der Waals surface area contributed by atoms with Crippen LogP contribution >= 0.6 is 11.6 Å². The second-order valence-corrected chi connectivity index (χ2v) is 5.92. The van der Waals surface area contributed by atoms with E-state index >= 15 is 0 Å². The Kier molecular flexibility index (Phi) is 6.96. The van der Waals surface area contributed by atoms with Gasteiger partial charge in [-0.05, 0) is 36.3 Å². The molecule has 2 aromatic carbocycles. The molecule has 28 heavy (non-hydrogen) atoms. The smallest absolute Gasteiger partial charge is 0.269 e. The van der Waals surface area contributed by atoms with Crippen LogP contribution in [-0.2, 0) is 11.4 Å². The van der Waals surface area contributed by atoms with Gasteiger partial charge in [0.15, 0.2) is 11.5 Å². The number of nitro groups is 1. The van der Waals surface area contributed by atoms with Crippen LogP contribution in [0, 0.1) is 21.4 Å². The minimum Gasteiger partial charge on any atom is -0.490 e. The highest BCUT2D eigenvalue weighted by Crippen LogP contribution is 2.38. The van der Waals surface area contributed by atoms with Crippen molar-refractivity contribution in [2.45, 2.75) is 13.5 Å². The zero-order valence-electron chi connectivity index (χ0n) is 14.8. The van der Waals surface area contributed by atoms with Gasteiger partial charge in [0, 0.05) is 12.1 Å². The molecule has 0 aromatic heterocycles. The standard InChI is InChI=1S/C19H16ClN3O5/c1-2-27-17-9-13(6-14(10-21)19(22)24)8-16(20)18(17)28-11-12-4-3-5-15(7-12)23(25)26/h3-9H,2,11H2,1H3,(H2,22,24)/b14-6+. The molecule has 0 spiro atoms. The number of amides is 1. The molecule has 0 fully saturated rings. The Morgan fingerprint density at radius 3 is 2.71 bits per heavy atom. The van der Waals surface area contributed by atoms with Crippen LogP contribution in [-0.4, -0.2) is 17.4 Å². The van der Waals surface area contributed by atoms with Gasteiger partial charge in [-0.2, -0.15) is 5.26 Å². The van der Waals surface area contributed by atoms with E-state index < -0.39 is 10.8 Å². The number of nitriles is 1. The van der Waals surface area contributed by atoms with Crippen molar-refractivity contribution >= 4 is 29.3 Å². The SMILES string of the molecule is CCOc1cc(/C=C(\C#N)C(N)=O)cc(Cl)c1OCc1cccc([N+](=O)[O-])c1. The van der Waals surface area contributed by atoms with Crippen molar-refractivity contribution in [3.63, 3.8) is 0 Å². The lowest BCUT2D eigenvalue weighted by Gasteiger charge is -2.14. The molecule has 1 amide bonds. The van der Waals surface area contributed by atoms with Crippen LogP contribution in [0.5, 0.6) is 11.5 Å². The van der Waals surface area contributed by atoms with Crippen LogP contribution < -0.4 is 15.2 Å². The van der Waals surface area contributed by atoms with Gasteiger partial charge in [-0.1, -0.05) is 23.7 Å². The van der Waals surface area contributed by atoms with E-state index in [2.05, 4.69) is 0 Å². The normalized spacial score (nSPS) is 10.8. The third-order valence-electron chi connectivity index (χ3n) is 3.53. The van der Waals surface area contributed by atoms with Crippen LogP contribution in [0.3, 0.4) is 0 Å². The fourth-order valence-corrected chi connectivity index (χ4v) is 2.59. The van der Waals surface area contributed by atoms with Crippen molar-refractivity contribution in [3.8, 4) is 17.6 Å². The first-order valence-corrected chi connectivity index (χ1v) is 8.47. The number of halogens is 1. The number of benzene rings is 2. The van der Waals surface area contributed by atoms with Crippen LogP contribution in [0.15, 0.2) is 42.0 Å². The monoisotopic (exact) mass is 401 g/mol. The first-order chi connectivity index (χ1) is 13.3. The maximum atomic E-state index is 11.2. The van der Waals surface area contributed by atoms with Crippen molar-refractivity contribution in [1.29, 1.82) is 5.26 Å². The molecule has 0 radical (unpaired) electrons. The van der Waals surface area contributed by atoms with Gasteiger partial charge in [0.1, 0.15) is 18.2 Å². The predicted molar refractivity (Wildman–Crippen MR) is 103 cm³/mol. The number of hydrogen-bond donors (Lipinski definition) is 1. The number of carbonyl (C=O) groups excluding carboxylic acids is 1. The van der Waals surface area contributed by atoms with E-state index in [1.165, 1.54) is 24.3 Å². The fraction of sp³-hybridized carbons (Fsp3) is 0.158. The van der Waals surface area contributed by atoms with E-state index in [0.29, 0.717) is 23.5 Å². The molecule has 8 nitrogen and oxygen atoms in total. The topological polar surface area (TPSA) is 128 Å². The molecule has 0 saturated heterocycles. The Morgan fingerprint density at radius 2 is 2.11 bits per heavy atom. The van der Waals surface area contributed by atoms with E-state index in [0.717, 1.165) is 0 Å². The number of rotatable bonds is 8. The molecule has 0 aliphatic rings. The van der Waals surface area contributed by atoms with Gasteiger partial charge in [0.25, 0.3) is 11.6 Å². The molecule has 0 unspecified atom stereocenters. The molecule has 9 heteroatoms. The first kappa shape index (κ1) is 20.7. The lowest BCUT2D eigenvalue weighted by Crippen LogP contribution is -2.12. The number of nitro benzene ring substituents is 1. The summed E-state index contributed by atoms with van der Waals surface area (Å²) in [7, 11) is 0. The fourth-order valence-electron chi connectivity index (χ4n) is 2.31. The third kappa shape index (κ3) is 5.22. The van der Waals surface area contributed by atoms with E-state index in [1.54, 1.807) is 31.2 Å². The molecule has 0 aliphatic heterocycles. The lowest BCUT2D eigenvalue weighted by molar-refractivity contribution is -0.384. The summed E-state index contributed by atoms with van der Waals surface area (Å²) in [5, 5.41) is 20.0. The van der Waals surface area contributed by atoms with Crippen LogP contribution in [0.2, 0.25) is 5.02 Å². The Labute approximate surface area is 165 Å². The average molecular weight is 402 g/mol. The van der Waals surface area contributed by atoms with Crippen molar-refractivity contribution in [2.75, 3.05) is 6.61 Å². The zero-order chi connectivity index (χ0) is 20.7. The van der Waals surface area contributed by atoms with Crippen molar-refractivity contribution in [1.82, 2.24) is 0 Å². The highest BCUT2D eigenvalue weighted by atomic mass is 35.5. The summed E-state index contributed by atoms with van der Waals surface area (Å²) in [5.74, 6) is -0.319. The predicted octanol–water partition coefficient (Wildman–Crippen LogP) is 3.62. The number of primary amides is 1. The van der Waals surface area contributed by atoms with Gasteiger partial charge in [-0.3, -0.25) is 14.9 Å². The Bertz CT molecular complexity index is 982. The summed E-state index contributed by atoms with van der Waals surface area (Å²) >= 11 is 6.28. The summed E-state index contributed by atoms with van der Waals surface area (Å²) in [6.07, 6.45) is 1.29.